The molecule has 0 saturated heterocycles. The zero-order valence-corrected chi connectivity index (χ0v) is 20.2. The van der Waals surface area contributed by atoms with E-state index in [2.05, 4.69) is 10.3 Å². The van der Waals surface area contributed by atoms with Crippen LogP contribution in [-0.4, -0.2) is 29.1 Å². The number of hydrogen-bond acceptors (Lipinski definition) is 5. The SMILES string of the molecule is COc1ccc(-c2cc(C(=O)O)ccc2F)cc1CNC(=O)c1sc(-c2ccc(C)cc2)nc1C. The fourth-order valence-electron chi connectivity index (χ4n) is 3.65. The quantitative estimate of drug-likeness (QED) is 0.338. The van der Waals surface area contributed by atoms with Crippen LogP contribution < -0.4 is 10.1 Å². The van der Waals surface area contributed by atoms with Gasteiger partial charge in [-0.15, -0.1) is 11.3 Å². The van der Waals surface area contributed by atoms with Gasteiger partial charge in [0.15, 0.2) is 0 Å². The average Bonchev–Trinajstić information content (AvgIpc) is 3.24. The molecular formula is C27H23FN2O4S. The van der Waals surface area contributed by atoms with Crippen LogP contribution in [0.15, 0.2) is 60.7 Å². The first-order valence-corrected chi connectivity index (χ1v) is 11.6. The van der Waals surface area contributed by atoms with E-state index in [1.807, 2.05) is 31.2 Å². The van der Waals surface area contributed by atoms with Gasteiger partial charge < -0.3 is 15.2 Å². The number of ether oxygens (including phenoxy) is 1. The van der Waals surface area contributed by atoms with Crippen molar-refractivity contribution in [2.24, 2.45) is 0 Å². The van der Waals surface area contributed by atoms with Crippen molar-refractivity contribution in [1.82, 2.24) is 10.3 Å². The molecule has 6 nitrogen and oxygen atoms in total. The summed E-state index contributed by atoms with van der Waals surface area (Å²) in [5.41, 5.74) is 3.97. The molecule has 0 aliphatic carbocycles. The van der Waals surface area contributed by atoms with Gasteiger partial charge in [0.2, 0.25) is 0 Å². The molecule has 0 aliphatic rings. The van der Waals surface area contributed by atoms with Gasteiger partial charge in [-0.05, 0) is 49.7 Å². The standard InChI is InChI=1S/C27H23FN2O4S/c1-15-4-6-17(7-5-15)26-30-16(2)24(35-26)25(31)29-14-20-12-18(9-11-23(20)34-3)21-13-19(27(32)33)8-10-22(21)28/h4-13H,14H2,1-3H3,(H,29,31)(H,32,33). The number of carbonyl (C=O) groups excluding carboxylic acids is 1. The highest BCUT2D eigenvalue weighted by molar-refractivity contribution is 7.17. The number of aromatic nitrogens is 1. The molecule has 1 aromatic heterocycles. The molecule has 1 heterocycles. The van der Waals surface area contributed by atoms with Crippen LogP contribution in [0.3, 0.4) is 0 Å². The van der Waals surface area contributed by atoms with Gasteiger partial charge in [-0.2, -0.15) is 0 Å². The molecule has 0 atom stereocenters. The number of halogens is 1. The Hall–Kier alpha value is -4.04. The van der Waals surface area contributed by atoms with E-state index in [1.54, 1.807) is 25.1 Å². The molecular weight excluding hydrogens is 467 g/mol. The first-order chi connectivity index (χ1) is 16.8. The van der Waals surface area contributed by atoms with Crippen molar-refractivity contribution in [3.05, 3.63) is 93.7 Å². The fraction of sp³-hybridized carbons (Fsp3) is 0.148. The summed E-state index contributed by atoms with van der Waals surface area (Å²) in [4.78, 5) is 29.3. The topological polar surface area (TPSA) is 88.5 Å². The van der Waals surface area contributed by atoms with Crippen LogP contribution in [0.5, 0.6) is 5.75 Å². The van der Waals surface area contributed by atoms with Crippen LogP contribution in [-0.2, 0) is 6.54 Å². The molecule has 0 radical (unpaired) electrons. The average molecular weight is 491 g/mol. The second-order valence-corrected chi connectivity index (χ2v) is 9.01. The summed E-state index contributed by atoms with van der Waals surface area (Å²) < 4.78 is 19.9. The Kier molecular flexibility index (Phi) is 6.93. The van der Waals surface area contributed by atoms with E-state index in [-0.39, 0.29) is 23.6 Å². The third-order valence-corrected chi connectivity index (χ3v) is 6.75. The zero-order chi connectivity index (χ0) is 25.1. The molecule has 0 saturated carbocycles. The van der Waals surface area contributed by atoms with E-state index >= 15 is 0 Å². The maximum Gasteiger partial charge on any atom is 0.335 e. The number of methoxy groups -OCH3 is 1. The lowest BCUT2D eigenvalue weighted by Crippen LogP contribution is -2.23. The monoisotopic (exact) mass is 490 g/mol. The van der Waals surface area contributed by atoms with Gasteiger partial charge in [-0.3, -0.25) is 4.79 Å². The van der Waals surface area contributed by atoms with E-state index in [0.29, 0.717) is 27.4 Å². The fourth-order valence-corrected chi connectivity index (χ4v) is 4.63. The van der Waals surface area contributed by atoms with Gasteiger partial charge in [0.1, 0.15) is 21.5 Å². The summed E-state index contributed by atoms with van der Waals surface area (Å²) in [6, 6.07) is 16.6. The predicted octanol–water partition coefficient (Wildman–Crippen LogP) is 5.87. The molecule has 8 heteroatoms. The molecule has 0 fully saturated rings. The lowest BCUT2D eigenvalue weighted by Gasteiger charge is -2.13. The summed E-state index contributed by atoms with van der Waals surface area (Å²) in [6.45, 7) is 3.94. The lowest BCUT2D eigenvalue weighted by atomic mass is 9.99. The van der Waals surface area contributed by atoms with Crippen molar-refractivity contribution in [1.29, 1.82) is 0 Å². The Labute approximate surface area is 206 Å². The largest absolute Gasteiger partial charge is 0.496 e. The number of nitrogens with zero attached hydrogens (tertiary/aromatic N) is 1. The first kappa shape index (κ1) is 24.1. The molecule has 1 amide bonds. The van der Waals surface area contributed by atoms with E-state index in [1.165, 1.54) is 30.6 Å². The number of thiazole rings is 1. The van der Waals surface area contributed by atoms with Crippen LogP contribution in [0.1, 0.15) is 36.9 Å². The molecule has 0 bridgehead atoms. The maximum absolute atomic E-state index is 14.5. The Bertz CT molecular complexity index is 1410. The number of aryl methyl sites for hydroxylation is 2. The number of carboxylic acid groups (broad SMARTS) is 1. The molecule has 0 aliphatic heterocycles. The third kappa shape index (κ3) is 5.22. The van der Waals surface area contributed by atoms with E-state index in [0.717, 1.165) is 22.2 Å². The highest BCUT2D eigenvalue weighted by Crippen LogP contribution is 2.31. The molecule has 0 spiro atoms. The Morgan fingerprint density at radius 2 is 1.74 bits per heavy atom. The van der Waals surface area contributed by atoms with Gasteiger partial charge in [-0.1, -0.05) is 35.9 Å². The molecule has 178 valence electrons. The van der Waals surface area contributed by atoms with E-state index in [9.17, 15) is 19.1 Å². The number of aromatic carboxylic acids is 1. The summed E-state index contributed by atoms with van der Waals surface area (Å²) in [7, 11) is 1.51. The Balaban J connectivity index is 1.57. The second-order valence-electron chi connectivity index (χ2n) is 8.01. The van der Waals surface area contributed by atoms with Crippen molar-refractivity contribution in [3.63, 3.8) is 0 Å². The molecule has 4 rings (SSSR count). The Morgan fingerprint density at radius 1 is 1.03 bits per heavy atom. The van der Waals surface area contributed by atoms with Gasteiger partial charge >= 0.3 is 5.97 Å². The smallest absolute Gasteiger partial charge is 0.335 e. The summed E-state index contributed by atoms with van der Waals surface area (Å²) in [6.07, 6.45) is 0. The third-order valence-electron chi connectivity index (χ3n) is 5.55. The van der Waals surface area contributed by atoms with Crippen LogP contribution in [0.2, 0.25) is 0 Å². The van der Waals surface area contributed by atoms with Crippen LogP contribution in [0.25, 0.3) is 21.7 Å². The number of carbonyl (C=O) groups is 2. The van der Waals surface area contributed by atoms with Crippen LogP contribution in [0, 0.1) is 19.7 Å². The van der Waals surface area contributed by atoms with Crippen LogP contribution >= 0.6 is 11.3 Å². The van der Waals surface area contributed by atoms with Gasteiger partial charge in [0, 0.05) is 23.2 Å². The minimum Gasteiger partial charge on any atom is -0.496 e. The number of rotatable bonds is 7. The van der Waals surface area contributed by atoms with Crippen molar-refractivity contribution in [2.45, 2.75) is 20.4 Å². The number of amides is 1. The van der Waals surface area contributed by atoms with Crippen LogP contribution in [0.4, 0.5) is 4.39 Å². The maximum atomic E-state index is 14.5. The highest BCUT2D eigenvalue weighted by Gasteiger charge is 2.18. The molecule has 4 aromatic rings. The number of hydrogen-bond donors (Lipinski definition) is 2. The molecule has 0 unspecified atom stereocenters. The van der Waals surface area contributed by atoms with E-state index in [4.69, 9.17) is 4.74 Å². The summed E-state index contributed by atoms with van der Waals surface area (Å²) in [5, 5.41) is 12.9. The second kappa shape index (κ2) is 10.1. The lowest BCUT2D eigenvalue weighted by molar-refractivity contribution is 0.0696. The summed E-state index contributed by atoms with van der Waals surface area (Å²) in [5.74, 6) is -1.44. The van der Waals surface area contributed by atoms with Crippen molar-refractivity contribution >= 4 is 23.2 Å². The van der Waals surface area contributed by atoms with Gasteiger partial charge in [0.05, 0.1) is 18.4 Å². The molecule has 3 aromatic carbocycles. The Morgan fingerprint density at radius 3 is 2.43 bits per heavy atom. The highest BCUT2D eigenvalue weighted by atomic mass is 32.1. The number of carboxylic acids is 1. The number of nitrogens with one attached hydrogen (secondary N) is 1. The minimum atomic E-state index is -1.14. The van der Waals surface area contributed by atoms with Crippen molar-refractivity contribution in [3.8, 4) is 27.4 Å². The molecule has 2 N–H and O–H groups in total. The number of benzene rings is 3. The van der Waals surface area contributed by atoms with Crippen molar-refractivity contribution < 1.29 is 23.8 Å². The molecule has 35 heavy (non-hydrogen) atoms. The van der Waals surface area contributed by atoms with Gasteiger partial charge in [-0.25, -0.2) is 14.2 Å². The summed E-state index contributed by atoms with van der Waals surface area (Å²) >= 11 is 1.32. The van der Waals surface area contributed by atoms with Gasteiger partial charge in [0.25, 0.3) is 5.91 Å². The predicted molar refractivity (Wildman–Crippen MR) is 134 cm³/mol. The zero-order valence-electron chi connectivity index (χ0n) is 19.4. The van der Waals surface area contributed by atoms with E-state index < -0.39 is 11.8 Å². The normalized spacial score (nSPS) is 10.7. The first-order valence-electron chi connectivity index (χ1n) is 10.8. The minimum absolute atomic E-state index is 0.0166. The van der Waals surface area contributed by atoms with Crippen molar-refractivity contribution in [2.75, 3.05) is 7.11 Å².